The number of H-pyrrole nitrogens is 2. The topological polar surface area (TPSA) is 88.1 Å². The van der Waals surface area contributed by atoms with Crippen molar-refractivity contribution in [3.8, 4) is 33.8 Å². The van der Waals surface area contributed by atoms with Crippen LogP contribution in [0.3, 0.4) is 0 Å². The first kappa shape index (κ1) is 17.1. The molecule has 0 aliphatic rings. The molecule has 6 heterocycles. The van der Waals surface area contributed by atoms with E-state index in [1.807, 2.05) is 32.6 Å². The minimum atomic E-state index is 0.748. The second-order valence-electron chi connectivity index (χ2n) is 7.26. The lowest BCUT2D eigenvalue weighted by Gasteiger charge is -2.04. The van der Waals surface area contributed by atoms with Crippen LogP contribution in [-0.4, -0.2) is 34.7 Å². The summed E-state index contributed by atoms with van der Waals surface area (Å²) in [6, 6.07) is 8.40. The molecule has 0 saturated heterocycles. The first-order chi connectivity index (χ1) is 14.7. The number of aromatic amines is 2. The maximum atomic E-state index is 4.58. The zero-order chi connectivity index (χ0) is 20.2. The molecule has 0 saturated carbocycles. The third-order valence-corrected chi connectivity index (χ3v) is 6.24. The van der Waals surface area contributed by atoms with E-state index in [-0.39, 0.29) is 0 Å². The molecule has 30 heavy (non-hydrogen) atoms. The van der Waals surface area contributed by atoms with Crippen LogP contribution in [-0.2, 0) is 7.05 Å². The maximum absolute atomic E-state index is 4.58. The van der Waals surface area contributed by atoms with E-state index >= 15 is 0 Å². The minimum Gasteiger partial charge on any atom is -0.338 e. The number of nitrogens with zero attached hydrogens (tertiary/aromatic N) is 5. The average molecular weight is 411 g/mol. The summed E-state index contributed by atoms with van der Waals surface area (Å²) in [5, 5.41) is 13.9. The Morgan fingerprint density at radius 1 is 0.967 bits per heavy atom. The van der Waals surface area contributed by atoms with Crippen molar-refractivity contribution in [2.24, 2.45) is 7.05 Å². The molecule has 8 heteroatoms. The first-order valence-corrected chi connectivity index (χ1v) is 10.5. The zero-order valence-corrected chi connectivity index (χ0v) is 17.2. The minimum absolute atomic E-state index is 0.748. The average Bonchev–Trinajstić information content (AvgIpc) is 3.54. The number of thiophene rings is 1. The smallest absolute Gasteiger partial charge is 0.155 e. The molecular formula is C22H17N7S. The molecule has 146 valence electrons. The van der Waals surface area contributed by atoms with Crippen molar-refractivity contribution in [2.45, 2.75) is 6.92 Å². The van der Waals surface area contributed by atoms with Gasteiger partial charge < -0.3 is 9.55 Å². The molecule has 0 unspecified atom stereocenters. The Balaban J connectivity index is 1.53. The molecule has 0 bridgehead atoms. The zero-order valence-electron chi connectivity index (χ0n) is 16.3. The lowest BCUT2D eigenvalue weighted by atomic mass is 10.1. The predicted octanol–water partition coefficient (Wildman–Crippen LogP) is 4.94. The Bertz CT molecular complexity index is 1520. The summed E-state index contributed by atoms with van der Waals surface area (Å²) in [5.74, 6) is 0.958. The monoisotopic (exact) mass is 411 g/mol. The molecule has 0 aliphatic heterocycles. The van der Waals surface area contributed by atoms with Crippen LogP contribution < -0.4 is 0 Å². The van der Waals surface area contributed by atoms with Crippen molar-refractivity contribution in [1.29, 1.82) is 0 Å². The Morgan fingerprint density at radius 3 is 2.70 bits per heavy atom. The van der Waals surface area contributed by atoms with Gasteiger partial charge in [0.15, 0.2) is 5.65 Å². The third kappa shape index (κ3) is 2.50. The highest BCUT2D eigenvalue weighted by atomic mass is 32.1. The highest BCUT2D eigenvalue weighted by Crippen LogP contribution is 2.34. The van der Waals surface area contributed by atoms with E-state index in [9.17, 15) is 0 Å². The van der Waals surface area contributed by atoms with Crippen LogP contribution in [0.2, 0.25) is 0 Å². The molecule has 0 amide bonds. The Hall–Kier alpha value is -3.78. The standard InChI is InChI=1S/C22H17N7S/c1-12-24-10-19(29(12)2)14-7-17-20(27-28-22(17)25-9-14)18-8-16-15(13-4-6-30-11-13)3-5-23-21(16)26-18/h3-11H,1-2H3,(H,23,26)(H,25,27,28). The van der Waals surface area contributed by atoms with Gasteiger partial charge in [0.05, 0.1) is 17.6 Å². The van der Waals surface area contributed by atoms with Gasteiger partial charge >= 0.3 is 0 Å². The number of aromatic nitrogens is 7. The van der Waals surface area contributed by atoms with Gasteiger partial charge in [-0.2, -0.15) is 16.4 Å². The molecule has 0 aromatic carbocycles. The van der Waals surface area contributed by atoms with Gasteiger partial charge in [-0.15, -0.1) is 0 Å². The van der Waals surface area contributed by atoms with Crippen LogP contribution in [0, 0.1) is 6.92 Å². The van der Waals surface area contributed by atoms with Gasteiger partial charge in [0.2, 0.25) is 0 Å². The Kier molecular flexibility index (Phi) is 3.63. The van der Waals surface area contributed by atoms with Gasteiger partial charge in [-0.25, -0.2) is 15.0 Å². The number of aryl methyl sites for hydroxylation is 1. The second kappa shape index (κ2) is 6.36. The summed E-state index contributed by atoms with van der Waals surface area (Å²) in [6.45, 7) is 1.99. The summed E-state index contributed by atoms with van der Waals surface area (Å²) in [6.07, 6.45) is 5.56. The van der Waals surface area contributed by atoms with Gasteiger partial charge in [0.25, 0.3) is 0 Å². The van der Waals surface area contributed by atoms with Crippen LogP contribution >= 0.6 is 11.3 Å². The van der Waals surface area contributed by atoms with E-state index < -0.39 is 0 Å². The summed E-state index contributed by atoms with van der Waals surface area (Å²) in [5.41, 5.74) is 7.70. The molecule has 0 spiro atoms. The number of pyridine rings is 2. The molecule has 0 aliphatic carbocycles. The number of hydrogen-bond donors (Lipinski definition) is 2. The fourth-order valence-electron chi connectivity index (χ4n) is 3.84. The molecule has 2 N–H and O–H groups in total. The molecule has 6 aromatic rings. The van der Waals surface area contributed by atoms with Crippen molar-refractivity contribution < 1.29 is 0 Å². The number of nitrogens with one attached hydrogen (secondary N) is 2. The highest BCUT2D eigenvalue weighted by Gasteiger charge is 2.16. The largest absolute Gasteiger partial charge is 0.338 e. The summed E-state index contributed by atoms with van der Waals surface area (Å²) in [4.78, 5) is 16.9. The maximum Gasteiger partial charge on any atom is 0.155 e. The van der Waals surface area contributed by atoms with Crippen LogP contribution in [0.25, 0.3) is 55.8 Å². The third-order valence-electron chi connectivity index (χ3n) is 5.55. The highest BCUT2D eigenvalue weighted by molar-refractivity contribution is 7.08. The van der Waals surface area contributed by atoms with Crippen molar-refractivity contribution >= 4 is 33.4 Å². The van der Waals surface area contributed by atoms with E-state index in [0.717, 1.165) is 56.1 Å². The Labute approximate surface area is 175 Å². The van der Waals surface area contributed by atoms with Gasteiger partial charge in [-0.05, 0) is 53.1 Å². The molecule has 7 nitrogen and oxygen atoms in total. The normalized spacial score (nSPS) is 11.7. The Morgan fingerprint density at radius 2 is 1.90 bits per heavy atom. The van der Waals surface area contributed by atoms with E-state index in [1.54, 1.807) is 11.3 Å². The SMILES string of the molecule is Cc1ncc(-c2cnc3[nH]nc(-c4cc5c(-c6ccsc6)ccnc5[nH]4)c3c2)n1C. The van der Waals surface area contributed by atoms with Crippen LogP contribution in [0.15, 0.2) is 53.6 Å². The molecule has 0 atom stereocenters. The molecule has 0 fully saturated rings. The quantitative estimate of drug-likeness (QED) is 0.432. The lowest BCUT2D eigenvalue weighted by Crippen LogP contribution is -1.94. The van der Waals surface area contributed by atoms with E-state index in [1.165, 1.54) is 5.56 Å². The lowest BCUT2D eigenvalue weighted by molar-refractivity contribution is 0.865. The van der Waals surface area contributed by atoms with E-state index in [2.05, 4.69) is 69.7 Å². The van der Waals surface area contributed by atoms with Crippen molar-refractivity contribution in [1.82, 2.24) is 34.7 Å². The summed E-state index contributed by atoms with van der Waals surface area (Å²) < 4.78 is 2.06. The van der Waals surface area contributed by atoms with Gasteiger partial charge in [0, 0.05) is 35.8 Å². The molecule has 6 rings (SSSR count). The van der Waals surface area contributed by atoms with Crippen LogP contribution in [0.5, 0.6) is 0 Å². The second-order valence-corrected chi connectivity index (χ2v) is 8.04. The van der Waals surface area contributed by atoms with E-state index in [0.29, 0.717) is 0 Å². The van der Waals surface area contributed by atoms with E-state index in [4.69, 9.17) is 0 Å². The fraction of sp³-hybridized carbons (Fsp3) is 0.0909. The van der Waals surface area contributed by atoms with Crippen LogP contribution in [0.1, 0.15) is 5.82 Å². The van der Waals surface area contributed by atoms with Crippen molar-refractivity contribution in [3.05, 3.63) is 59.4 Å². The number of fused-ring (bicyclic) bond motifs is 2. The van der Waals surface area contributed by atoms with Gasteiger partial charge in [0.1, 0.15) is 17.2 Å². The van der Waals surface area contributed by atoms with Crippen molar-refractivity contribution in [2.75, 3.05) is 0 Å². The summed E-state index contributed by atoms with van der Waals surface area (Å²) >= 11 is 1.69. The van der Waals surface area contributed by atoms with Crippen LogP contribution in [0.4, 0.5) is 0 Å². The van der Waals surface area contributed by atoms with Gasteiger partial charge in [-0.3, -0.25) is 5.10 Å². The molecule has 6 aromatic heterocycles. The fourth-order valence-corrected chi connectivity index (χ4v) is 4.50. The number of imidazole rings is 1. The van der Waals surface area contributed by atoms with Crippen molar-refractivity contribution in [3.63, 3.8) is 0 Å². The summed E-state index contributed by atoms with van der Waals surface area (Å²) in [7, 11) is 2.01. The first-order valence-electron chi connectivity index (χ1n) is 9.52. The molecule has 0 radical (unpaired) electrons. The van der Waals surface area contributed by atoms with Gasteiger partial charge in [-0.1, -0.05) is 0 Å². The predicted molar refractivity (Wildman–Crippen MR) is 119 cm³/mol. The number of hydrogen-bond acceptors (Lipinski definition) is 5. The number of rotatable bonds is 3. The molecular weight excluding hydrogens is 394 g/mol.